The first-order valence-corrected chi connectivity index (χ1v) is 9.83. The molecule has 6 nitrogen and oxygen atoms in total. The van der Waals surface area contributed by atoms with Crippen LogP contribution in [-0.4, -0.2) is 46.8 Å². The first-order chi connectivity index (χ1) is 13.4. The Kier molecular flexibility index (Phi) is 4.57. The monoisotopic (exact) mass is 379 g/mol. The summed E-state index contributed by atoms with van der Waals surface area (Å²) in [5, 5.41) is 4.74. The van der Waals surface area contributed by atoms with Crippen molar-refractivity contribution in [3.8, 4) is 0 Å². The maximum Gasteiger partial charge on any atom is 0.325 e. The Balaban J connectivity index is 1.62. The molecule has 2 saturated heterocycles. The standard InChI is InChI=1S/C22H25N3O3/c1-15-8-5-6-13-24(15)19(26)14-25-20(27)22(2,23-21(25)28)18-12-7-10-16-9-3-4-11-17(16)18/h3-4,7,9-12,15H,5-6,8,13-14H2,1-2H3,(H,23,28)/t15-,22+/m0/s1. The summed E-state index contributed by atoms with van der Waals surface area (Å²) in [5.41, 5.74) is -0.448. The summed E-state index contributed by atoms with van der Waals surface area (Å²) >= 11 is 0. The minimum absolute atomic E-state index is 0.145. The predicted molar refractivity (Wildman–Crippen MR) is 107 cm³/mol. The minimum atomic E-state index is -1.19. The third-order valence-electron chi connectivity index (χ3n) is 6.02. The van der Waals surface area contributed by atoms with Gasteiger partial charge in [-0.1, -0.05) is 42.5 Å². The number of amides is 4. The van der Waals surface area contributed by atoms with Gasteiger partial charge < -0.3 is 10.2 Å². The van der Waals surface area contributed by atoms with Gasteiger partial charge in [0.15, 0.2) is 0 Å². The molecule has 2 heterocycles. The molecular formula is C22H25N3O3. The van der Waals surface area contributed by atoms with Crippen molar-refractivity contribution in [3.63, 3.8) is 0 Å². The average molecular weight is 379 g/mol. The van der Waals surface area contributed by atoms with Gasteiger partial charge in [0.05, 0.1) is 0 Å². The number of nitrogens with one attached hydrogen (secondary N) is 1. The molecule has 2 aromatic rings. The Morgan fingerprint density at radius 2 is 1.89 bits per heavy atom. The quantitative estimate of drug-likeness (QED) is 0.834. The van der Waals surface area contributed by atoms with Gasteiger partial charge in [0.2, 0.25) is 5.91 Å². The summed E-state index contributed by atoms with van der Waals surface area (Å²) < 4.78 is 0. The summed E-state index contributed by atoms with van der Waals surface area (Å²) in [6.45, 7) is 4.20. The van der Waals surface area contributed by atoms with Crippen LogP contribution in [-0.2, 0) is 15.1 Å². The van der Waals surface area contributed by atoms with Crippen LogP contribution in [0.5, 0.6) is 0 Å². The average Bonchev–Trinajstić information content (AvgIpc) is 2.91. The van der Waals surface area contributed by atoms with E-state index < -0.39 is 11.6 Å². The minimum Gasteiger partial charge on any atom is -0.338 e. The molecule has 146 valence electrons. The highest BCUT2D eigenvalue weighted by Crippen LogP contribution is 2.34. The molecule has 0 bridgehead atoms. The fourth-order valence-electron chi connectivity index (χ4n) is 4.38. The maximum atomic E-state index is 13.3. The number of imide groups is 1. The molecule has 0 radical (unpaired) electrons. The van der Waals surface area contributed by atoms with E-state index in [2.05, 4.69) is 5.32 Å². The molecule has 4 rings (SSSR count). The number of piperidine rings is 1. The van der Waals surface area contributed by atoms with Gasteiger partial charge in [-0.15, -0.1) is 0 Å². The van der Waals surface area contributed by atoms with E-state index in [1.165, 1.54) is 0 Å². The number of urea groups is 1. The molecular weight excluding hydrogens is 354 g/mol. The Morgan fingerprint density at radius 1 is 1.14 bits per heavy atom. The van der Waals surface area contributed by atoms with Crippen LogP contribution >= 0.6 is 0 Å². The SMILES string of the molecule is C[C@H]1CCCCN1C(=O)CN1C(=O)N[C@](C)(c2cccc3ccccc23)C1=O. The largest absolute Gasteiger partial charge is 0.338 e. The van der Waals surface area contributed by atoms with Crippen LogP contribution in [0.3, 0.4) is 0 Å². The maximum absolute atomic E-state index is 13.3. The third kappa shape index (κ3) is 2.93. The number of carbonyl (C=O) groups is 3. The second-order valence-electron chi connectivity index (χ2n) is 7.91. The number of benzene rings is 2. The summed E-state index contributed by atoms with van der Waals surface area (Å²) in [6.07, 6.45) is 3.02. The van der Waals surface area contributed by atoms with Crippen molar-refractivity contribution in [2.24, 2.45) is 0 Å². The lowest BCUT2D eigenvalue weighted by Gasteiger charge is -2.34. The molecule has 0 saturated carbocycles. The molecule has 0 aliphatic carbocycles. The summed E-state index contributed by atoms with van der Waals surface area (Å²) in [6, 6.07) is 13.1. The predicted octanol–water partition coefficient (Wildman–Crippen LogP) is 3.01. The highest BCUT2D eigenvalue weighted by molar-refractivity contribution is 6.10. The van der Waals surface area contributed by atoms with E-state index in [4.69, 9.17) is 0 Å². The molecule has 2 fully saturated rings. The summed E-state index contributed by atoms with van der Waals surface area (Å²) in [5.74, 6) is -0.551. The molecule has 2 aliphatic heterocycles. The van der Waals surface area contributed by atoms with E-state index >= 15 is 0 Å². The normalized spacial score (nSPS) is 25.3. The van der Waals surface area contributed by atoms with E-state index in [9.17, 15) is 14.4 Å². The lowest BCUT2D eigenvalue weighted by molar-refractivity contribution is -0.140. The van der Waals surface area contributed by atoms with Gasteiger partial charge >= 0.3 is 6.03 Å². The van der Waals surface area contributed by atoms with Crippen LogP contribution in [0.4, 0.5) is 4.79 Å². The summed E-state index contributed by atoms with van der Waals surface area (Å²) in [7, 11) is 0. The topological polar surface area (TPSA) is 69.7 Å². The molecule has 0 spiro atoms. The van der Waals surface area contributed by atoms with E-state index in [-0.39, 0.29) is 24.4 Å². The van der Waals surface area contributed by atoms with E-state index in [1.54, 1.807) is 11.8 Å². The lowest BCUT2D eigenvalue weighted by atomic mass is 9.88. The fourth-order valence-corrected chi connectivity index (χ4v) is 4.38. The van der Waals surface area contributed by atoms with E-state index in [0.717, 1.165) is 40.5 Å². The number of rotatable bonds is 3. The van der Waals surface area contributed by atoms with Crippen molar-refractivity contribution < 1.29 is 14.4 Å². The Labute approximate surface area is 164 Å². The molecule has 0 unspecified atom stereocenters. The Morgan fingerprint density at radius 3 is 2.68 bits per heavy atom. The number of nitrogens with zero attached hydrogens (tertiary/aromatic N) is 2. The van der Waals surface area contributed by atoms with Gasteiger partial charge in [-0.2, -0.15) is 0 Å². The van der Waals surface area contributed by atoms with Crippen LogP contribution in [0, 0.1) is 0 Å². The van der Waals surface area contributed by atoms with Gasteiger partial charge in [-0.05, 0) is 49.4 Å². The van der Waals surface area contributed by atoms with Crippen molar-refractivity contribution in [2.75, 3.05) is 13.1 Å². The molecule has 4 amide bonds. The first kappa shape index (κ1) is 18.5. The van der Waals surface area contributed by atoms with E-state index in [0.29, 0.717) is 6.54 Å². The highest BCUT2D eigenvalue weighted by atomic mass is 16.2. The molecule has 2 atom stereocenters. The van der Waals surface area contributed by atoms with Crippen LogP contribution in [0.1, 0.15) is 38.7 Å². The van der Waals surface area contributed by atoms with Gasteiger partial charge in [0.25, 0.3) is 5.91 Å². The third-order valence-corrected chi connectivity index (χ3v) is 6.02. The highest BCUT2D eigenvalue weighted by Gasteiger charge is 2.50. The number of fused-ring (bicyclic) bond motifs is 1. The summed E-state index contributed by atoms with van der Waals surface area (Å²) in [4.78, 5) is 41.5. The smallest absolute Gasteiger partial charge is 0.325 e. The van der Waals surface area contributed by atoms with Crippen molar-refractivity contribution in [3.05, 3.63) is 48.0 Å². The molecule has 2 aromatic carbocycles. The molecule has 0 aromatic heterocycles. The molecule has 6 heteroatoms. The van der Waals surface area contributed by atoms with Crippen LogP contribution in [0.2, 0.25) is 0 Å². The zero-order chi connectivity index (χ0) is 19.9. The fraction of sp³-hybridized carbons (Fsp3) is 0.409. The Hall–Kier alpha value is -2.89. The van der Waals surface area contributed by atoms with E-state index in [1.807, 2.05) is 49.4 Å². The van der Waals surface area contributed by atoms with Crippen molar-refractivity contribution in [2.45, 2.75) is 44.7 Å². The molecule has 1 N–H and O–H groups in total. The van der Waals surface area contributed by atoms with Crippen LogP contribution < -0.4 is 5.32 Å². The van der Waals surface area contributed by atoms with Gasteiger partial charge in [0.1, 0.15) is 12.1 Å². The molecule has 2 aliphatic rings. The zero-order valence-corrected chi connectivity index (χ0v) is 16.3. The number of likely N-dealkylation sites (tertiary alicyclic amines) is 1. The first-order valence-electron chi connectivity index (χ1n) is 9.83. The van der Waals surface area contributed by atoms with Crippen LogP contribution in [0.25, 0.3) is 10.8 Å². The lowest BCUT2D eigenvalue weighted by Crippen LogP contribution is -2.48. The molecule has 28 heavy (non-hydrogen) atoms. The second kappa shape index (κ2) is 6.93. The number of hydrogen-bond acceptors (Lipinski definition) is 3. The van der Waals surface area contributed by atoms with Crippen molar-refractivity contribution in [1.82, 2.24) is 15.1 Å². The van der Waals surface area contributed by atoms with Gasteiger partial charge in [-0.3, -0.25) is 14.5 Å². The van der Waals surface area contributed by atoms with Gasteiger partial charge in [0, 0.05) is 12.6 Å². The zero-order valence-electron chi connectivity index (χ0n) is 16.3. The Bertz CT molecular complexity index is 952. The number of hydrogen-bond donors (Lipinski definition) is 1. The second-order valence-corrected chi connectivity index (χ2v) is 7.91. The van der Waals surface area contributed by atoms with Crippen molar-refractivity contribution >= 4 is 28.6 Å². The van der Waals surface area contributed by atoms with Crippen LogP contribution in [0.15, 0.2) is 42.5 Å². The number of carbonyl (C=O) groups excluding carboxylic acids is 3. The van der Waals surface area contributed by atoms with Gasteiger partial charge in [-0.25, -0.2) is 4.79 Å². The van der Waals surface area contributed by atoms with Crippen molar-refractivity contribution in [1.29, 1.82) is 0 Å².